The van der Waals surface area contributed by atoms with Crippen LogP contribution in [0.3, 0.4) is 0 Å². The van der Waals surface area contributed by atoms with Crippen molar-refractivity contribution in [3.05, 3.63) is 35.9 Å². The Balaban J connectivity index is 2.13. The molecule has 2 atom stereocenters. The van der Waals surface area contributed by atoms with Crippen LogP contribution in [0.5, 0.6) is 0 Å². The van der Waals surface area contributed by atoms with Gasteiger partial charge in [-0.15, -0.1) is 0 Å². The maximum Gasteiger partial charge on any atom is 0.315 e. The number of hydrogen-bond acceptors (Lipinski definition) is 2. The van der Waals surface area contributed by atoms with Gasteiger partial charge in [0.25, 0.3) is 5.91 Å². The molecule has 0 radical (unpaired) electrons. The molecule has 1 heterocycles. The van der Waals surface area contributed by atoms with Crippen LogP contribution in [-0.4, -0.2) is 36.9 Å². The summed E-state index contributed by atoms with van der Waals surface area (Å²) in [5.41, 5.74) is 1.04. The van der Waals surface area contributed by atoms with Crippen molar-refractivity contribution in [2.45, 2.75) is 24.9 Å². The molecule has 5 heteroatoms. The predicted molar refractivity (Wildman–Crippen MR) is 64.4 cm³/mol. The Labute approximate surface area is 105 Å². The number of amides is 1. The van der Waals surface area contributed by atoms with E-state index in [4.69, 9.17) is 0 Å². The summed E-state index contributed by atoms with van der Waals surface area (Å²) < 4.78 is 24.6. The van der Waals surface area contributed by atoms with E-state index in [2.05, 4.69) is 10.2 Å². The molecule has 1 aromatic rings. The van der Waals surface area contributed by atoms with E-state index in [0.29, 0.717) is 6.42 Å². The number of nitrogens with one attached hydrogen (secondary N) is 1. The summed E-state index contributed by atoms with van der Waals surface area (Å²) in [7, 11) is 1.94. The Bertz CT molecular complexity index is 411. The third kappa shape index (κ3) is 2.67. The quantitative estimate of drug-likeness (QED) is 0.892. The lowest BCUT2D eigenvalue weighted by Crippen LogP contribution is -2.41. The first-order chi connectivity index (χ1) is 8.59. The average Bonchev–Trinajstić information content (AvgIpc) is 2.71. The van der Waals surface area contributed by atoms with Crippen molar-refractivity contribution in [2.24, 2.45) is 0 Å². The van der Waals surface area contributed by atoms with Gasteiger partial charge in [-0.3, -0.25) is 9.69 Å². The SMILES string of the molecule is CN1CC[C@H](NC(=O)C(F)F)[C@H]1c1ccccc1. The van der Waals surface area contributed by atoms with E-state index >= 15 is 0 Å². The van der Waals surface area contributed by atoms with Crippen LogP contribution >= 0.6 is 0 Å². The van der Waals surface area contributed by atoms with E-state index in [0.717, 1.165) is 12.1 Å². The number of halogens is 2. The van der Waals surface area contributed by atoms with Crippen molar-refractivity contribution < 1.29 is 13.6 Å². The lowest BCUT2D eigenvalue weighted by Gasteiger charge is -2.26. The standard InChI is InChI=1S/C13H16F2N2O/c1-17-8-7-10(16-13(18)12(14)15)11(17)9-5-3-2-4-6-9/h2-6,10-12H,7-8H2,1H3,(H,16,18)/t10-,11+/m0/s1. The molecule has 0 aliphatic carbocycles. The topological polar surface area (TPSA) is 32.3 Å². The van der Waals surface area contributed by atoms with Crippen molar-refractivity contribution in [3.8, 4) is 0 Å². The Hall–Kier alpha value is -1.49. The molecule has 1 aliphatic rings. The summed E-state index contributed by atoms with van der Waals surface area (Å²) in [5, 5.41) is 2.43. The normalized spacial score (nSPS) is 24.4. The van der Waals surface area contributed by atoms with Crippen LogP contribution in [0.2, 0.25) is 0 Å². The highest BCUT2D eigenvalue weighted by Crippen LogP contribution is 2.30. The largest absolute Gasteiger partial charge is 0.346 e. The molecule has 2 rings (SSSR count). The lowest BCUT2D eigenvalue weighted by molar-refractivity contribution is -0.132. The van der Waals surface area contributed by atoms with Gasteiger partial charge in [-0.2, -0.15) is 8.78 Å². The molecule has 18 heavy (non-hydrogen) atoms. The van der Waals surface area contributed by atoms with E-state index in [9.17, 15) is 13.6 Å². The van der Waals surface area contributed by atoms with E-state index in [1.807, 2.05) is 37.4 Å². The van der Waals surface area contributed by atoms with Crippen LogP contribution in [0, 0.1) is 0 Å². The number of likely N-dealkylation sites (tertiary alicyclic amines) is 1. The minimum atomic E-state index is -2.95. The highest BCUT2D eigenvalue weighted by molar-refractivity contribution is 5.79. The van der Waals surface area contributed by atoms with Gasteiger partial charge >= 0.3 is 6.43 Å². The summed E-state index contributed by atoms with van der Waals surface area (Å²) in [6.07, 6.45) is -2.26. The zero-order valence-corrected chi connectivity index (χ0v) is 10.1. The maximum atomic E-state index is 12.3. The fourth-order valence-electron chi connectivity index (χ4n) is 2.48. The number of likely N-dealkylation sites (N-methyl/N-ethyl adjacent to an activating group) is 1. The number of hydrogen-bond donors (Lipinski definition) is 1. The van der Waals surface area contributed by atoms with Crippen LogP contribution < -0.4 is 5.32 Å². The van der Waals surface area contributed by atoms with Crippen LogP contribution in [-0.2, 0) is 4.79 Å². The van der Waals surface area contributed by atoms with Crippen molar-refractivity contribution in [2.75, 3.05) is 13.6 Å². The molecule has 1 amide bonds. The van der Waals surface area contributed by atoms with Gasteiger partial charge in [-0.1, -0.05) is 30.3 Å². The monoisotopic (exact) mass is 254 g/mol. The summed E-state index contributed by atoms with van der Waals surface area (Å²) in [6, 6.07) is 9.35. The van der Waals surface area contributed by atoms with E-state index < -0.39 is 12.3 Å². The summed E-state index contributed by atoms with van der Waals surface area (Å²) in [5.74, 6) is -1.18. The van der Waals surface area contributed by atoms with Crippen molar-refractivity contribution in [1.82, 2.24) is 10.2 Å². The maximum absolute atomic E-state index is 12.3. The van der Waals surface area contributed by atoms with Gasteiger partial charge in [0.2, 0.25) is 0 Å². The second kappa shape index (κ2) is 5.44. The molecule has 98 valence electrons. The van der Waals surface area contributed by atoms with Gasteiger partial charge in [0.15, 0.2) is 0 Å². The zero-order chi connectivity index (χ0) is 13.1. The molecule has 0 aromatic heterocycles. The number of carbonyl (C=O) groups is 1. The molecule has 1 fully saturated rings. The second-order valence-electron chi connectivity index (χ2n) is 4.54. The second-order valence-corrected chi connectivity index (χ2v) is 4.54. The highest BCUT2D eigenvalue weighted by Gasteiger charge is 2.35. The molecule has 1 N–H and O–H groups in total. The van der Waals surface area contributed by atoms with Gasteiger partial charge in [-0.25, -0.2) is 0 Å². The smallest absolute Gasteiger partial charge is 0.315 e. The lowest BCUT2D eigenvalue weighted by atomic mass is 10.0. The average molecular weight is 254 g/mol. The molecular weight excluding hydrogens is 238 g/mol. The number of carbonyl (C=O) groups excluding carboxylic acids is 1. The Morgan fingerprint density at radius 3 is 2.67 bits per heavy atom. The predicted octanol–water partition coefficient (Wildman–Crippen LogP) is 1.81. The van der Waals surface area contributed by atoms with Gasteiger partial charge in [0.05, 0.1) is 6.04 Å². The Kier molecular flexibility index (Phi) is 3.91. The summed E-state index contributed by atoms with van der Waals surface area (Å²) >= 11 is 0. The van der Waals surface area contributed by atoms with Gasteiger partial charge in [0, 0.05) is 12.6 Å². The van der Waals surface area contributed by atoms with Crippen LogP contribution in [0.1, 0.15) is 18.0 Å². The van der Waals surface area contributed by atoms with Crippen molar-refractivity contribution >= 4 is 5.91 Å². The molecular formula is C13H16F2N2O. The molecule has 0 bridgehead atoms. The fourth-order valence-corrected chi connectivity index (χ4v) is 2.48. The highest BCUT2D eigenvalue weighted by atomic mass is 19.3. The van der Waals surface area contributed by atoms with Crippen molar-refractivity contribution in [1.29, 1.82) is 0 Å². The minimum absolute atomic E-state index is 0.0334. The molecule has 1 aliphatic heterocycles. The Morgan fingerprint density at radius 2 is 2.06 bits per heavy atom. The molecule has 1 saturated heterocycles. The first-order valence-electron chi connectivity index (χ1n) is 5.93. The van der Waals surface area contributed by atoms with Gasteiger partial charge in [-0.05, 0) is 19.0 Å². The fraction of sp³-hybridized carbons (Fsp3) is 0.462. The molecule has 0 saturated carbocycles. The minimum Gasteiger partial charge on any atom is -0.346 e. The van der Waals surface area contributed by atoms with Crippen LogP contribution in [0.4, 0.5) is 8.78 Å². The first kappa shape index (κ1) is 13.0. The number of benzene rings is 1. The van der Waals surface area contributed by atoms with Crippen LogP contribution in [0.25, 0.3) is 0 Å². The molecule has 3 nitrogen and oxygen atoms in total. The Morgan fingerprint density at radius 1 is 1.39 bits per heavy atom. The van der Waals surface area contributed by atoms with E-state index in [-0.39, 0.29) is 12.1 Å². The first-order valence-corrected chi connectivity index (χ1v) is 5.93. The third-order valence-corrected chi connectivity index (χ3v) is 3.32. The summed E-state index contributed by atoms with van der Waals surface area (Å²) in [4.78, 5) is 13.2. The van der Waals surface area contributed by atoms with Gasteiger partial charge in [0.1, 0.15) is 0 Å². The van der Waals surface area contributed by atoms with Crippen molar-refractivity contribution in [3.63, 3.8) is 0 Å². The molecule has 0 unspecified atom stereocenters. The number of rotatable bonds is 3. The number of alkyl halides is 2. The van der Waals surface area contributed by atoms with E-state index in [1.165, 1.54) is 0 Å². The van der Waals surface area contributed by atoms with E-state index in [1.54, 1.807) is 0 Å². The zero-order valence-electron chi connectivity index (χ0n) is 10.1. The number of nitrogens with zero attached hydrogens (tertiary/aromatic N) is 1. The third-order valence-electron chi connectivity index (χ3n) is 3.32. The molecule has 0 spiro atoms. The molecule has 1 aromatic carbocycles. The van der Waals surface area contributed by atoms with Crippen LogP contribution in [0.15, 0.2) is 30.3 Å². The van der Waals surface area contributed by atoms with Gasteiger partial charge < -0.3 is 5.32 Å². The summed E-state index contributed by atoms with van der Waals surface area (Å²) in [6.45, 7) is 0.785.